The van der Waals surface area contributed by atoms with Crippen LogP contribution >= 0.6 is 0 Å². The number of amides is 1. The third-order valence-corrected chi connectivity index (χ3v) is 4.12. The van der Waals surface area contributed by atoms with E-state index in [0.29, 0.717) is 13.0 Å². The second-order valence-electron chi connectivity index (χ2n) is 5.81. The molecule has 118 valence electrons. The number of esters is 1. The Kier molecular flexibility index (Phi) is 4.73. The number of carbonyl (C=O) groups is 2. The van der Waals surface area contributed by atoms with Gasteiger partial charge < -0.3 is 14.4 Å². The van der Waals surface area contributed by atoms with E-state index in [2.05, 4.69) is 0 Å². The van der Waals surface area contributed by atoms with E-state index in [-0.39, 0.29) is 24.4 Å². The fourth-order valence-corrected chi connectivity index (χ4v) is 2.89. The smallest absolute Gasteiger partial charge is 0.310 e. The molecule has 3 rings (SSSR count). The highest BCUT2D eigenvalue weighted by atomic mass is 16.6. The van der Waals surface area contributed by atoms with E-state index in [0.717, 1.165) is 43.7 Å². The normalized spacial score (nSPS) is 21.4. The molecule has 0 saturated carbocycles. The molecule has 22 heavy (non-hydrogen) atoms. The molecule has 0 aliphatic carbocycles. The van der Waals surface area contributed by atoms with E-state index < -0.39 is 0 Å². The fourth-order valence-electron chi connectivity index (χ4n) is 2.89. The summed E-state index contributed by atoms with van der Waals surface area (Å²) in [5.41, 5.74) is 1.80. The van der Waals surface area contributed by atoms with Gasteiger partial charge in [-0.05, 0) is 37.0 Å². The van der Waals surface area contributed by atoms with Crippen molar-refractivity contribution < 1.29 is 19.1 Å². The van der Waals surface area contributed by atoms with Gasteiger partial charge in [0.1, 0.15) is 6.61 Å². The second-order valence-corrected chi connectivity index (χ2v) is 5.81. The van der Waals surface area contributed by atoms with Gasteiger partial charge in [-0.15, -0.1) is 0 Å². The molecule has 2 fully saturated rings. The Morgan fingerprint density at radius 1 is 1.27 bits per heavy atom. The molecule has 1 unspecified atom stereocenters. The molecule has 2 aliphatic rings. The van der Waals surface area contributed by atoms with Gasteiger partial charge in [-0.25, -0.2) is 0 Å². The van der Waals surface area contributed by atoms with Crippen LogP contribution in [0.4, 0.5) is 5.69 Å². The standard InChI is InChI=1S/C17H21NO4/c19-16-4-1-9-18(16)14-7-5-13(6-8-14)11-17(20)22-12-15-3-2-10-21-15/h5-8,15H,1-4,9-12H2. The van der Waals surface area contributed by atoms with Gasteiger partial charge in [0, 0.05) is 25.3 Å². The number of carbonyl (C=O) groups excluding carboxylic acids is 2. The third-order valence-electron chi connectivity index (χ3n) is 4.12. The number of hydrogen-bond donors (Lipinski definition) is 0. The molecule has 0 radical (unpaired) electrons. The van der Waals surface area contributed by atoms with Crippen LogP contribution < -0.4 is 4.90 Å². The van der Waals surface area contributed by atoms with Gasteiger partial charge in [0.2, 0.25) is 5.91 Å². The Bertz CT molecular complexity index is 534. The molecule has 0 N–H and O–H groups in total. The van der Waals surface area contributed by atoms with E-state index in [9.17, 15) is 9.59 Å². The number of hydrogen-bond acceptors (Lipinski definition) is 4. The van der Waals surface area contributed by atoms with Crippen molar-refractivity contribution in [1.29, 1.82) is 0 Å². The molecule has 1 aromatic rings. The lowest BCUT2D eigenvalue weighted by molar-refractivity contribution is -0.146. The first-order chi connectivity index (χ1) is 10.7. The van der Waals surface area contributed by atoms with Crippen molar-refractivity contribution in [3.8, 4) is 0 Å². The molecule has 1 atom stereocenters. The average molecular weight is 303 g/mol. The Balaban J connectivity index is 1.49. The quantitative estimate of drug-likeness (QED) is 0.782. The second kappa shape index (κ2) is 6.92. The van der Waals surface area contributed by atoms with Crippen molar-refractivity contribution in [3.05, 3.63) is 29.8 Å². The lowest BCUT2D eigenvalue weighted by atomic mass is 10.1. The van der Waals surface area contributed by atoms with Crippen molar-refractivity contribution in [3.63, 3.8) is 0 Å². The maximum atomic E-state index is 11.8. The molecule has 0 aromatic heterocycles. The summed E-state index contributed by atoms with van der Waals surface area (Å²) in [6.45, 7) is 1.89. The van der Waals surface area contributed by atoms with Crippen LogP contribution in [0.2, 0.25) is 0 Å². The molecule has 0 bridgehead atoms. The Hall–Kier alpha value is -1.88. The van der Waals surface area contributed by atoms with Crippen molar-refractivity contribution in [1.82, 2.24) is 0 Å². The van der Waals surface area contributed by atoms with Crippen molar-refractivity contribution in [2.75, 3.05) is 24.7 Å². The van der Waals surface area contributed by atoms with Gasteiger partial charge in [-0.1, -0.05) is 12.1 Å². The summed E-state index contributed by atoms with van der Waals surface area (Å²) in [5, 5.41) is 0. The van der Waals surface area contributed by atoms with Gasteiger partial charge in [-0.3, -0.25) is 9.59 Å². The zero-order valence-electron chi connectivity index (χ0n) is 12.6. The van der Waals surface area contributed by atoms with E-state index in [1.54, 1.807) is 4.90 Å². The monoisotopic (exact) mass is 303 g/mol. The van der Waals surface area contributed by atoms with Gasteiger partial charge in [-0.2, -0.15) is 0 Å². The number of nitrogens with zero attached hydrogens (tertiary/aromatic N) is 1. The first-order valence-corrected chi connectivity index (χ1v) is 7.89. The van der Waals surface area contributed by atoms with Crippen LogP contribution in [-0.4, -0.2) is 37.7 Å². The predicted molar refractivity (Wildman–Crippen MR) is 81.7 cm³/mol. The lowest BCUT2D eigenvalue weighted by Gasteiger charge is -2.16. The topological polar surface area (TPSA) is 55.8 Å². The Morgan fingerprint density at radius 3 is 2.73 bits per heavy atom. The number of anilines is 1. The summed E-state index contributed by atoms with van der Waals surface area (Å²) in [7, 11) is 0. The molecule has 2 heterocycles. The van der Waals surface area contributed by atoms with E-state index >= 15 is 0 Å². The van der Waals surface area contributed by atoms with Crippen LogP contribution in [0.5, 0.6) is 0 Å². The average Bonchev–Trinajstić information content (AvgIpc) is 3.17. The van der Waals surface area contributed by atoms with Gasteiger partial charge in [0.25, 0.3) is 0 Å². The fraction of sp³-hybridized carbons (Fsp3) is 0.529. The molecule has 1 aromatic carbocycles. The molecule has 5 nitrogen and oxygen atoms in total. The maximum Gasteiger partial charge on any atom is 0.310 e. The van der Waals surface area contributed by atoms with Crippen LogP contribution in [0.1, 0.15) is 31.2 Å². The Morgan fingerprint density at radius 2 is 2.09 bits per heavy atom. The van der Waals surface area contributed by atoms with Crippen LogP contribution in [0.15, 0.2) is 24.3 Å². The zero-order chi connectivity index (χ0) is 15.4. The minimum Gasteiger partial charge on any atom is -0.463 e. The largest absolute Gasteiger partial charge is 0.463 e. The summed E-state index contributed by atoms with van der Waals surface area (Å²) < 4.78 is 10.7. The number of benzene rings is 1. The molecule has 2 aliphatic heterocycles. The lowest BCUT2D eigenvalue weighted by Crippen LogP contribution is -2.23. The summed E-state index contributed by atoms with van der Waals surface area (Å²) in [6, 6.07) is 7.56. The van der Waals surface area contributed by atoms with Gasteiger partial charge >= 0.3 is 5.97 Å². The van der Waals surface area contributed by atoms with Gasteiger partial charge in [0.15, 0.2) is 0 Å². The molecule has 5 heteroatoms. The van der Waals surface area contributed by atoms with E-state index in [1.165, 1.54) is 0 Å². The highest BCUT2D eigenvalue weighted by Crippen LogP contribution is 2.21. The summed E-state index contributed by atoms with van der Waals surface area (Å²) >= 11 is 0. The predicted octanol–water partition coefficient (Wildman–Crippen LogP) is 2.08. The first-order valence-electron chi connectivity index (χ1n) is 7.89. The summed E-state index contributed by atoms with van der Waals surface area (Å²) in [5.74, 6) is -0.0655. The number of rotatable bonds is 5. The molecular weight excluding hydrogens is 282 g/mol. The minimum absolute atomic E-state index is 0.0625. The molecule has 2 saturated heterocycles. The highest BCUT2D eigenvalue weighted by molar-refractivity contribution is 5.95. The zero-order valence-corrected chi connectivity index (χ0v) is 12.6. The molecule has 1 amide bonds. The van der Waals surface area contributed by atoms with Crippen LogP contribution in [0.3, 0.4) is 0 Å². The van der Waals surface area contributed by atoms with Crippen molar-refractivity contribution in [2.45, 2.75) is 38.2 Å². The first kappa shape index (κ1) is 15.0. The summed E-state index contributed by atoms with van der Waals surface area (Å²) in [4.78, 5) is 25.3. The van der Waals surface area contributed by atoms with Crippen molar-refractivity contribution >= 4 is 17.6 Å². The summed E-state index contributed by atoms with van der Waals surface area (Å²) in [6.07, 6.45) is 3.85. The Labute approximate surface area is 130 Å². The van der Waals surface area contributed by atoms with Gasteiger partial charge in [0.05, 0.1) is 12.5 Å². The van der Waals surface area contributed by atoms with E-state index in [4.69, 9.17) is 9.47 Å². The number of ether oxygens (including phenoxy) is 2. The van der Waals surface area contributed by atoms with Crippen molar-refractivity contribution in [2.24, 2.45) is 0 Å². The van der Waals surface area contributed by atoms with Crippen LogP contribution in [0.25, 0.3) is 0 Å². The maximum absolute atomic E-state index is 11.8. The highest BCUT2D eigenvalue weighted by Gasteiger charge is 2.21. The molecule has 0 spiro atoms. The minimum atomic E-state index is -0.236. The van der Waals surface area contributed by atoms with Crippen LogP contribution in [-0.2, 0) is 25.5 Å². The van der Waals surface area contributed by atoms with Crippen LogP contribution in [0, 0.1) is 0 Å². The molecular formula is C17H21NO4. The van der Waals surface area contributed by atoms with E-state index in [1.807, 2.05) is 24.3 Å². The SMILES string of the molecule is O=C(Cc1ccc(N2CCCC2=O)cc1)OCC1CCCO1. The third kappa shape index (κ3) is 3.65.